The molecule has 3 aliphatic carbocycles. The molecule has 180 valence electrons. The highest BCUT2D eigenvalue weighted by atomic mass is 32.2. The average molecular weight is 461 g/mol. The normalized spacial score (nSPS) is 32.8. The van der Waals surface area contributed by atoms with Gasteiger partial charge in [0.15, 0.2) is 9.84 Å². The van der Waals surface area contributed by atoms with Gasteiger partial charge in [0.25, 0.3) is 0 Å². The van der Waals surface area contributed by atoms with Crippen molar-refractivity contribution in [3.05, 3.63) is 47.1 Å². The molecule has 0 saturated heterocycles. The topological polar surface area (TPSA) is 54.4 Å². The Morgan fingerprint density at radius 2 is 2.00 bits per heavy atom. The van der Waals surface area contributed by atoms with Crippen molar-refractivity contribution < 1.29 is 13.5 Å². The largest absolute Gasteiger partial charge is 0.393 e. The molecule has 0 amide bonds. The highest BCUT2D eigenvalue weighted by Gasteiger charge is 2.45. The predicted molar refractivity (Wildman–Crippen MR) is 135 cm³/mol. The highest BCUT2D eigenvalue weighted by Crippen LogP contribution is 2.57. The van der Waals surface area contributed by atoms with Gasteiger partial charge in [-0.15, -0.1) is 0 Å². The Morgan fingerprint density at radius 3 is 2.69 bits per heavy atom. The molecule has 0 heterocycles. The lowest BCUT2D eigenvalue weighted by molar-refractivity contribution is 0.158. The molecule has 0 bridgehead atoms. The second kappa shape index (κ2) is 9.62. The first-order valence-corrected chi connectivity index (χ1v) is 14.2. The van der Waals surface area contributed by atoms with E-state index in [2.05, 4.69) is 38.7 Å². The zero-order valence-corrected chi connectivity index (χ0v) is 21.7. The van der Waals surface area contributed by atoms with Crippen molar-refractivity contribution in [3.63, 3.8) is 0 Å². The van der Waals surface area contributed by atoms with E-state index in [1.807, 2.05) is 0 Å². The van der Waals surface area contributed by atoms with Gasteiger partial charge in [-0.05, 0) is 101 Å². The third-order valence-corrected chi connectivity index (χ3v) is 11.0. The Balaban J connectivity index is 1.68. The Morgan fingerprint density at radius 1 is 1.28 bits per heavy atom. The van der Waals surface area contributed by atoms with Gasteiger partial charge >= 0.3 is 0 Å². The number of hydrogen-bond donors (Lipinski definition) is 1. The van der Waals surface area contributed by atoms with Gasteiger partial charge < -0.3 is 5.11 Å². The van der Waals surface area contributed by atoms with Gasteiger partial charge in [-0.25, -0.2) is 8.42 Å². The minimum absolute atomic E-state index is 0.188. The summed E-state index contributed by atoms with van der Waals surface area (Å²) in [7, 11) is -3.05. The molecule has 2 fully saturated rings. The van der Waals surface area contributed by atoms with Crippen LogP contribution in [0.5, 0.6) is 0 Å². The molecule has 1 N–H and O–H groups in total. The average Bonchev–Trinajstić information content (AvgIpc) is 3.05. The number of aliphatic hydroxyl groups is 1. The monoisotopic (exact) mass is 460 g/mol. The van der Waals surface area contributed by atoms with E-state index in [4.69, 9.17) is 0 Å². The van der Waals surface area contributed by atoms with Crippen molar-refractivity contribution in [1.82, 2.24) is 0 Å². The van der Waals surface area contributed by atoms with Gasteiger partial charge in [-0.2, -0.15) is 0 Å². The quantitative estimate of drug-likeness (QED) is 0.448. The third kappa shape index (κ3) is 5.33. The molecular formula is C28H44O3S. The van der Waals surface area contributed by atoms with Crippen LogP contribution >= 0.6 is 0 Å². The van der Waals surface area contributed by atoms with Crippen LogP contribution in [-0.4, -0.2) is 30.1 Å². The fourth-order valence-electron chi connectivity index (χ4n) is 6.05. The lowest BCUT2D eigenvalue weighted by atomic mass is 9.62. The molecule has 4 heteroatoms. The molecule has 0 spiro atoms. The molecule has 0 aromatic heterocycles. The summed E-state index contributed by atoms with van der Waals surface area (Å²) in [5.74, 6) is 1.25. The lowest BCUT2D eigenvalue weighted by Gasteiger charge is -2.42. The molecule has 4 unspecified atom stereocenters. The van der Waals surface area contributed by atoms with Gasteiger partial charge in [0.1, 0.15) is 0 Å². The van der Waals surface area contributed by atoms with Gasteiger partial charge in [0, 0.05) is 0 Å². The van der Waals surface area contributed by atoms with Crippen LogP contribution in [-0.2, 0) is 9.84 Å². The predicted octanol–water partition coefficient (Wildman–Crippen LogP) is 6.71. The summed E-state index contributed by atoms with van der Waals surface area (Å²) < 4.78 is 24.3. The number of fused-ring (bicyclic) bond motifs is 1. The van der Waals surface area contributed by atoms with E-state index in [1.165, 1.54) is 29.6 Å². The second-order valence-electron chi connectivity index (χ2n) is 11.6. The summed E-state index contributed by atoms with van der Waals surface area (Å²) in [4.78, 5) is 0. The summed E-state index contributed by atoms with van der Waals surface area (Å²) >= 11 is 0. The summed E-state index contributed by atoms with van der Waals surface area (Å²) in [5.41, 5.74) is 5.66. The summed E-state index contributed by atoms with van der Waals surface area (Å²) in [6, 6.07) is 0. The van der Waals surface area contributed by atoms with Crippen molar-refractivity contribution in [3.8, 4) is 0 Å². The Labute approximate surface area is 196 Å². The molecule has 2 saturated carbocycles. The van der Waals surface area contributed by atoms with Crippen molar-refractivity contribution in [2.24, 2.45) is 17.3 Å². The molecule has 3 rings (SSSR count). The maximum atomic E-state index is 12.5. The first-order chi connectivity index (χ1) is 14.8. The Bertz CT molecular complexity index is 913. The van der Waals surface area contributed by atoms with E-state index in [1.54, 1.807) is 26.3 Å². The smallest absolute Gasteiger partial charge is 0.155 e. The van der Waals surface area contributed by atoms with Crippen molar-refractivity contribution in [1.29, 1.82) is 0 Å². The Hall–Kier alpha value is -1.13. The van der Waals surface area contributed by atoms with Gasteiger partial charge in [0.2, 0.25) is 0 Å². The fraction of sp³-hybridized carbons (Fsp3) is 0.714. The van der Waals surface area contributed by atoms with E-state index in [-0.39, 0.29) is 17.3 Å². The van der Waals surface area contributed by atoms with E-state index in [0.29, 0.717) is 11.8 Å². The first-order valence-electron chi connectivity index (χ1n) is 12.5. The lowest BCUT2D eigenvalue weighted by Crippen LogP contribution is -2.33. The highest BCUT2D eigenvalue weighted by molar-refractivity contribution is 7.92. The SMILES string of the molecule is C=C1CCC(O)C/C1=C/C=C1\CCCC2(C)C(C(C)CCCS(=O)(=O)C(C)(C)C)=CCC12. The molecular weight excluding hydrogens is 416 g/mol. The minimum Gasteiger partial charge on any atom is -0.393 e. The number of allylic oxidation sites excluding steroid dienone is 6. The molecule has 3 nitrogen and oxygen atoms in total. The molecule has 0 aliphatic heterocycles. The Kier molecular flexibility index (Phi) is 7.66. The van der Waals surface area contributed by atoms with Crippen molar-refractivity contribution >= 4 is 9.84 Å². The summed E-state index contributed by atoms with van der Waals surface area (Å²) in [5, 5.41) is 10.0. The fourth-order valence-corrected chi connectivity index (χ4v) is 7.21. The van der Waals surface area contributed by atoms with Crippen LogP contribution in [0.1, 0.15) is 92.4 Å². The molecule has 32 heavy (non-hydrogen) atoms. The van der Waals surface area contributed by atoms with Crippen LogP contribution in [0.15, 0.2) is 47.1 Å². The number of sulfone groups is 1. The second-order valence-corrected chi connectivity index (χ2v) is 14.5. The maximum absolute atomic E-state index is 12.5. The van der Waals surface area contributed by atoms with E-state index in [0.717, 1.165) is 44.9 Å². The van der Waals surface area contributed by atoms with E-state index in [9.17, 15) is 13.5 Å². The van der Waals surface area contributed by atoms with Gasteiger partial charge in [-0.1, -0.05) is 55.4 Å². The number of hydrogen-bond acceptors (Lipinski definition) is 3. The summed E-state index contributed by atoms with van der Waals surface area (Å²) in [6.07, 6.45) is 15.6. The minimum atomic E-state index is -3.05. The van der Waals surface area contributed by atoms with Crippen LogP contribution < -0.4 is 0 Å². The zero-order valence-electron chi connectivity index (χ0n) is 20.9. The van der Waals surface area contributed by atoms with Crippen LogP contribution in [0.25, 0.3) is 0 Å². The van der Waals surface area contributed by atoms with Crippen LogP contribution in [0.2, 0.25) is 0 Å². The van der Waals surface area contributed by atoms with E-state index >= 15 is 0 Å². The molecule has 0 aromatic carbocycles. The van der Waals surface area contributed by atoms with E-state index < -0.39 is 14.6 Å². The van der Waals surface area contributed by atoms with Crippen molar-refractivity contribution in [2.45, 2.75) is 103 Å². The number of rotatable bonds is 6. The zero-order chi connectivity index (χ0) is 23.7. The number of aliphatic hydroxyl groups excluding tert-OH is 1. The standard InChI is InChI=1S/C28H44O3S/c1-20-11-14-24(29)19-23(20)13-12-22-10-7-17-28(6)25(15-16-26(22)28)21(2)9-8-18-32(30,31)27(3,4)5/h12-13,15,21,24,26,29H,1,7-11,14,16-19H2,2-6H3/b22-12+,23-13-. The van der Waals surface area contributed by atoms with Crippen LogP contribution in [0.3, 0.4) is 0 Å². The maximum Gasteiger partial charge on any atom is 0.155 e. The third-order valence-electron chi connectivity index (χ3n) is 8.31. The van der Waals surface area contributed by atoms with Gasteiger partial charge in [0.05, 0.1) is 16.6 Å². The van der Waals surface area contributed by atoms with Crippen LogP contribution in [0.4, 0.5) is 0 Å². The molecule has 3 aliphatic rings. The van der Waals surface area contributed by atoms with Gasteiger partial charge in [-0.3, -0.25) is 0 Å². The van der Waals surface area contributed by atoms with Crippen molar-refractivity contribution in [2.75, 3.05) is 5.75 Å². The first kappa shape index (κ1) is 25.5. The molecule has 0 aromatic rings. The molecule has 0 radical (unpaired) electrons. The molecule has 4 atom stereocenters. The summed E-state index contributed by atoms with van der Waals surface area (Å²) in [6.45, 7) is 14.3. The van der Waals surface area contributed by atoms with Crippen LogP contribution in [0, 0.1) is 17.3 Å².